The number of nitrogens with zero attached hydrogens (tertiary/aromatic N) is 1. The fourth-order valence-corrected chi connectivity index (χ4v) is 2.14. The Morgan fingerprint density at radius 2 is 2.00 bits per heavy atom. The third-order valence-corrected chi connectivity index (χ3v) is 4.03. The molecular weight excluding hydrogens is 312 g/mol. The van der Waals surface area contributed by atoms with Crippen LogP contribution in [0.15, 0.2) is 47.2 Å². The topological polar surface area (TPSA) is 24.9 Å². The van der Waals surface area contributed by atoms with E-state index in [0.717, 1.165) is 16.0 Å². The van der Waals surface area contributed by atoms with Crippen molar-refractivity contribution >= 4 is 27.5 Å². The number of nitrogens with one attached hydrogen (secondary N) is 1. The predicted octanol–water partition coefficient (Wildman–Crippen LogP) is 4.35. The predicted molar refractivity (Wildman–Crippen MR) is 78.6 cm³/mol. The lowest BCUT2D eigenvalue weighted by atomic mass is 10.1. The first-order valence-corrected chi connectivity index (χ1v) is 6.91. The zero-order chi connectivity index (χ0) is 13.0. The fraction of sp³-hybridized carbons (Fsp3) is 0.214. The summed E-state index contributed by atoms with van der Waals surface area (Å²) in [6, 6.07) is 10.3. The van der Waals surface area contributed by atoms with Crippen molar-refractivity contribution in [2.75, 3.05) is 0 Å². The van der Waals surface area contributed by atoms with Crippen molar-refractivity contribution in [1.82, 2.24) is 10.3 Å². The van der Waals surface area contributed by atoms with Gasteiger partial charge in [-0.05, 0) is 58.2 Å². The summed E-state index contributed by atoms with van der Waals surface area (Å²) in [5.41, 5.74) is 2.40. The smallest absolute Gasteiger partial charge is 0.0551 e. The van der Waals surface area contributed by atoms with Crippen LogP contribution in [0.5, 0.6) is 0 Å². The van der Waals surface area contributed by atoms with Gasteiger partial charge in [0.2, 0.25) is 0 Å². The molecule has 0 radical (unpaired) electrons. The molecule has 0 aliphatic heterocycles. The van der Waals surface area contributed by atoms with E-state index in [0.29, 0.717) is 0 Å². The lowest BCUT2D eigenvalue weighted by molar-refractivity contribution is 0.574. The van der Waals surface area contributed by atoms with Crippen LogP contribution in [0.2, 0.25) is 5.02 Å². The van der Waals surface area contributed by atoms with Gasteiger partial charge in [0, 0.05) is 29.5 Å². The third-order valence-electron chi connectivity index (χ3n) is 2.80. The van der Waals surface area contributed by atoms with Crippen molar-refractivity contribution in [3.8, 4) is 0 Å². The Balaban J connectivity index is 1.97. The number of rotatable bonds is 4. The van der Waals surface area contributed by atoms with Crippen LogP contribution in [0, 0.1) is 0 Å². The molecule has 1 aromatic heterocycles. The van der Waals surface area contributed by atoms with Gasteiger partial charge in [0.1, 0.15) is 0 Å². The summed E-state index contributed by atoms with van der Waals surface area (Å²) >= 11 is 9.45. The zero-order valence-electron chi connectivity index (χ0n) is 10.0. The standard InChI is InChI=1S/C14H14BrClN2/c1-10(12-4-6-17-7-5-12)18-9-11-2-3-13(15)14(16)8-11/h2-8,10,18H,9H2,1H3/t10-/m1/s1. The van der Waals surface area contributed by atoms with Gasteiger partial charge in [-0.1, -0.05) is 17.7 Å². The summed E-state index contributed by atoms with van der Waals surface area (Å²) in [5.74, 6) is 0. The first-order valence-electron chi connectivity index (χ1n) is 5.74. The van der Waals surface area contributed by atoms with Crippen LogP contribution in [0.3, 0.4) is 0 Å². The van der Waals surface area contributed by atoms with Gasteiger partial charge < -0.3 is 5.32 Å². The van der Waals surface area contributed by atoms with E-state index in [1.54, 1.807) is 0 Å². The monoisotopic (exact) mass is 324 g/mol. The number of halogens is 2. The second-order valence-electron chi connectivity index (χ2n) is 4.13. The molecule has 0 unspecified atom stereocenters. The summed E-state index contributed by atoms with van der Waals surface area (Å²) in [6.45, 7) is 2.92. The molecule has 1 atom stereocenters. The minimum Gasteiger partial charge on any atom is -0.306 e. The van der Waals surface area contributed by atoms with E-state index in [1.165, 1.54) is 11.1 Å². The third kappa shape index (κ3) is 3.55. The lowest BCUT2D eigenvalue weighted by Crippen LogP contribution is -2.18. The number of hydrogen-bond acceptors (Lipinski definition) is 2. The highest BCUT2D eigenvalue weighted by molar-refractivity contribution is 9.10. The quantitative estimate of drug-likeness (QED) is 0.904. The highest BCUT2D eigenvalue weighted by atomic mass is 79.9. The minimum absolute atomic E-state index is 0.287. The van der Waals surface area contributed by atoms with Crippen molar-refractivity contribution in [2.45, 2.75) is 19.5 Å². The Morgan fingerprint density at radius 1 is 1.28 bits per heavy atom. The molecule has 0 amide bonds. The maximum Gasteiger partial charge on any atom is 0.0551 e. The van der Waals surface area contributed by atoms with Gasteiger partial charge in [-0.25, -0.2) is 0 Å². The molecule has 0 saturated carbocycles. The molecular formula is C14H14BrClN2. The Morgan fingerprint density at radius 3 is 2.67 bits per heavy atom. The first-order chi connectivity index (χ1) is 8.66. The molecule has 1 heterocycles. The lowest BCUT2D eigenvalue weighted by Gasteiger charge is -2.14. The zero-order valence-corrected chi connectivity index (χ0v) is 12.4. The second-order valence-corrected chi connectivity index (χ2v) is 5.39. The highest BCUT2D eigenvalue weighted by Gasteiger charge is 2.05. The van der Waals surface area contributed by atoms with Gasteiger partial charge in [0.05, 0.1) is 5.02 Å². The van der Waals surface area contributed by atoms with Gasteiger partial charge in [-0.2, -0.15) is 0 Å². The summed E-state index contributed by atoms with van der Waals surface area (Å²) in [4.78, 5) is 4.02. The molecule has 1 N–H and O–H groups in total. The van der Waals surface area contributed by atoms with Gasteiger partial charge in [0.25, 0.3) is 0 Å². The average Bonchev–Trinajstić information content (AvgIpc) is 2.41. The molecule has 1 aromatic carbocycles. The maximum atomic E-state index is 6.06. The Hall–Kier alpha value is -0.900. The minimum atomic E-state index is 0.287. The number of benzene rings is 1. The van der Waals surface area contributed by atoms with Crippen LogP contribution in [-0.4, -0.2) is 4.98 Å². The fourth-order valence-electron chi connectivity index (χ4n) is 1.69. The van der Waals surface area contributed by atoms with E-state index in [2.05, 4.69) is 39.2 Å². The van der Waals surface area contributed by atoms with E-state index in [9.17, 15) is 0 Å². The second kappa shape index (κ2) is 6.32. The molecule has 0 spiro atoms. The van der Waals surface area contributed by atoms with Gasteiger partial charge in [-0.15, -0.1) is 0 Å². The van der Waals surface area contributed by atoms with E-state index in [4.69, 9.17) is 11.6 Å². The van der Waals surface area contributed by atoms with E-state index in [1.807, 2.05) is 36.7 Å². The van der Waals surface area contributed by atoms with Crippen molar-refractivity contribution < 1.29 is 0 Å². The van der Waals surface area contributed by atoms with Crippen molar-refractivity contribution in [3.05, 3.63) is 63.3 Å². The number of aromatic nitrogens is 1. The molecule has 2 aromatic rings. The highest BCUT2D eigenvalue weighted by Crippen LogP contribution is 2.23. The SMILES string of the molecule is C[C@@H](NCc1ccc(Br)c(Cl)c1)c1ccncc1. The molecule has 0 saturated heterocycles. The summed E-state index contributed by atoms with van der Waals surface area (Å²) in [5, 5.41) is 4.20. The largest absolute Gasteiger partial charge is 0.306 e. The molecule has 2 rings (SSSR count). The van der Waals surface area contributed by atoms with E-state index in [-0.39, 0.29) is 6.04 Å². The van der Waals surface area contributed by atoms with Crippen molar-refractivity contribution in [3.63, 3.8) is 0 Å². The summed E-state index contributed by atoms with van der Waals surface area (Å²) in [7, 11) is 0. The molecule has 0 bridgehead atoms. The number of pyridine rings is 1. The maximum absolute atomic E-state index is 6.06. The Kier molecular flexibility index (Phi) is 4.75. The molecule has 94 valence electrons. The molecule has 0 aliphatic rings. The normalized spacial score (nSPS) is 12.4. The van der Waals surface area contributed by atoms with Crippen LogP contribution in [0.4, 0.5) is 0 Å². The summed E-state index contributed by atoms with van der Waals surface area (Å²) < 4.78 is 0.926. The number of hydrogen-bond donors (Lipinski definition) is 1. The molecule has 0 aliphatic carbocycles. The Labute approximate surface area is 121 Å². The van der Waals surface area contributed by atoms with E-state index < -0.39 is 0 Å². The van der Waals surface area contributed by atoms with Gasteiger partial charge in [0.15, 0.2) is 0 Å². The van der Waals surface area contributed by atoms with Crippen molar-refractivity contribution in [2.24, 2.45) is 0 Å². The van der Waals surface area contributed by atoms with Gasteiger partial charge in [-0.3, -0.25) is 4.98 Å². The average molecular weight is 326 g/mol. The first kappa shape index (κ1) is 13.5. The Bertz CT molecular complexity index is 516. The molecule has 18 heavy (non-hydrogen) atoms. The van der Waals surface area contributed by atoms with Crippen LogP contribution >= 0.6 is 27.5 Å². The van der Waals surface area contributed by atoms with Crippen LogP contribution < -0.4 is 5.32 Å². The van der Waals surface area contributed by atoms with Crippen molar-refractivity contribution in [1.29, 1.82) is 0 Å². The molecule has 2 nitrogen and oxygen atoms in total. The van der Waals surface area contributed by atoms with Gasteiger partial charge >= 0.3 is 0 Å². The van der Waals surface area contributed by atoms with Crippen LogP contribution in [0.1, 0.15) is 24.1 Å². The van der Waals surface area contributed by atoms with E-state index >= 15 is 0 Å². The van der Waals surface area contributed by atoms with Crippen LogP contribution in [-0.2, 0) is 6.54 Å². The molecule has 4 heteroatoms. The summed E-state index contributed by atoms with van der Waals surface area (Å²) in [6.07, 6.45) is 3.62. The van der Waals surface area contributed by atoms with Crippen LogP contribution in [0.25, 0.3) is 0 Å². The molecule has 0 fully saturated rings.